The van der Waals surface area contributed by atoms with Gasteiger partial charge >= 0.3 is 0 Å². The van der Waals surface area contributed by atoms with Gasteiger partial charge in [-0.3, -0.25) is 0 Å². The van der Waals surface area contributed by atoms with Crippen molar-refractivity contribution in [2.75, 3.05) is 6.54 Å². The van der Waals surface area contributed by atoms with E-state index in [2.05, 4.69) is 30.6 Å². The van der Waals surface area contributed by atoms with E-state index in [1.54, 1.807) is 0 Å². The van der Waals surface area contributed by atoms with Crippen molar-refractivity contribution < 1.29 is 0 Å². The number of hydrogen-bond donors (Lipinski definition) is 1. The van der Waals surface area contributed by atoms with Gasteiger partial charge < -0.3 is 10.2 Å². The van der Waals surface area contributed by atoms with Gasteiger partial charge in [0.15, 0.2) is 5.11 Å². The average molecular weight is 244 g/mol. The molecule has 1 aliphatic heterocycles. The molecule has 0 radical (unpaired) electrons. The molecule has 88 valence electrons. The van der Waals surface area contributed by atoms with Crippen LogP contribution in [-0.4, -0.2) is 22.6 Å². The number of benzene rings is 1. The standard InChI is InChI=1S/C14H16N2S/c1-3-9-16-11(2)13(15-14(16)17)10-12-7-5-4-6-8-12/h3-8,13H,1-2,9-10H2,(H,15,17). The van der Waals surface area contributed by atoms with E-state index in [1.165, 1.54) is 5.56 Å². The van der Waals surface area contributed by atoms with E-state index >= 15 is 0 Å². The van der Waals surface area contributed by atoms with E-state index in [0.29, 0.717) is 0 Å². The van der Waals surface area contributed by atoms with Crippen LogP contribution in [0.4, 0.5) is 0 Å². The normalized spacial score (nSPS) is 19.3. The van der Waals surface area contributed by atoms with Gasteiger partial charge in [-0.25, -0.2) is 0 Å². The zero-order chi connectivity index (χ0) is 12.3. The maximum absolute atomic E-state index is 5.28. The highest BCUT2D eigenvalue weighted by Gasteiger charge is 2.28. The molecule has 1 aliphatic rings. The summed E-state index contributed by atoms with van der Waals surface area (Å²) in [5.41, 5.74) is 2.31. The van der Waals surface area contributed by atoms with Gasteiger partial charge in [0.1, 0.15) is 0 Å². The predicted octanol–water partition coefficient (Wildman–Crippen LogP) is 2.49. The van der Waals surface area contributed by atoms with Crippen LogP contribution in [0.2, 0.25) is 0 Å². The number of rotatable bonds is 4. The lowest BCUT2D eigenvalue weighted by molar-refractivity contribution is 0.571. The molecular formula is C14H16N2S. The van der Waals surface area contributed by atoms with Crippen LogP contribution in [0.15, 0.2) is 55.3 Å². The molecule has 1 aromatic carbocycles. The summed E-state index contributed by atoms with van der Waals surface area (Å²) in [4.78, 5) is 2.00. The Hall–Kier alpha value is -1.61. The summed E-state index contributed by atoms with van der Waals surface area (Å²) in [6.45, 7) is 8.56. The van der Waals surface area contributed by atoms with Crippen LogP contribution in [0.25, 0.3) is 0 Å². The van der Waals surface area contributed by atoms with E-state index in [-0.39, 0.29) is 6.04 Å². The molecule has 2 rings (SSSR count). The Kier molecular flexibility index (Phi) is 3.59. The van der Waals surface area contributed by atoms with Crippen LogP contribution in [-0.2, 0) is 6.42 Å². The maximum atomic E-state index is 5.28. The summed E-state index contributed by atoms with van der Waals surface area (Å²) in [6.07, 6.45) is 2.75. The molecule has 0 spiro atoms. The summed E-state index contributed by atoms with van der Waals surface area (Å²) >= 11 is 5.28. The Morgan fingerprint density at radius 1 is 1.35 bits per heavy atom. The second kappa shape index (κ2) is 5.15. The van der Waals surface area contributed by atoms with Gasteiger partial charge in [0.2, 0.25) is 0 Å². The van der Waals surface area contributed by atoms with Crippen LogP contribution in [0.5, 0.6) is 0 Å². The first-order valence-corrected chi connectivity index (χ1v) is 6.05. The van der Waals surface area contributed by atoms with Crippen molar-refractivity contribution in [1.82, 2.24) is 10.2 Å². The van der Waals surface area contributed by atoms with Crippen molar-refractivity contribution in [3.05, 3.63) is 60.8 Å². The average Bonchev–Trinajstić information content (AvgIpc) is 2.59. The monoisotopic (exact) mass is 244 g/mol. The molecule has 0 aromatic heterocycles. The second-order valence-corrected chi connectivity index (χ2v) is 4.47. The van der Waals surface area contributed by atoms with E-state index < -0.39 is 0 Å². The zero-order valence-corrected chi connectivity index (χ0v) is 10.5. The summed E-state index contributed by atoms with van der Waals surface area (Å²) in [5.74, 6) is 0. The molecule has 1 heterocycles. The lowest BCUT2D eigenvalue weighted by Crippen LogP contribution is -2.29. The molecule has 1 unspecified atom stereocenters. The molecule has 2 nitrogen and oxygen atoms in total. The molecule has 1 saturated heterocycles. The quantitative estimate of drug-likeness (QED) is 0.647. The molecule has 0 bridgehead atoms. The first-order valence-electron chi connectivity index (χ1n) is 5.64. The van der Waals surface area contributed by atoms with Gasteiger partial charge in [0, 0.05) is 12.2 Å². The minimum Gasteiger partial charge on any atom is -0.354 e. The molecular weight excluding hydrogens is 228 g/mol. The molecule has 1 aromatic rings. The van der Waals surface area contributed by atoms with Crippen molar-refractivity contribution in [2.45, 2.75) is 12.5 Å². The predicted molar refractivity (Wildman–Crippen MR) is 75.7 cm³/mol. The molecule has 0 amide bonds. The minimum absolute atomic E-state index is 0.199. The molecule has 0 aliphatic carbocycles. The van der Waals surface area contributed by atoms with Crippen molar-refractivity contribution >= 4 is 17.3 Å². The van der Waals surface area contributed by atoms with Gasteiger partial charge in [-0.1, -0.05) is 43.0 Å². The SMILES string of the molecule is C=CCN1C(=C)C(Cc2ccccc2)NC1=S. The number of thiocarbonyl (C=S) groups is 1. The van der Waals surface area contributed by atoms with Crippen molar-refractivity contribution in [3.63, 3.8) is 0 Å². The fraction of sp³-hybridized carbons (Fsp3) is 0.214. The Labute approximate surface area is 108 Å². The van der Waals surface area contributed by atoms with E-state index in [9.17, 15) is 0 Å². The van der Waals surface area contributed by atoms with Gasteiger partial charge in [0.05, 0.1) is 6.04 Å². The fourth-order valence-corrected chi connectivity index (χ4v) is 2.31. The highest BCUT2D eigenvalue weighted by molar-refractivity contribution is 7.80. The smallest absolute Gasteiger partial charge is 0.174 e. The Morgan fingerprint density at radius 2 is 2.06 bits per heavy atom. The van der Waals surface area contributed by atoms with Gasteiger partial charge in [-0.15, -0.1) is 6.58 Å². The van der Waals surface area contributed by atoms with Gasteiger partial charge in [-0.05, 0) is 24.2 Å². The Bertz CT molecular complexity index is 439. The molecule has 3 heteroatoms. The summed E-state index contributed by atoms with van der Waals surface area (Å²) in [5, 5.41) is 4.04. The lowest BCUT2D eigenvalue weighted by atomic mass is 10.0. The van der Waals surface area contributed by atoms with Crippen LogP contribution in [0.3, 0.4) is 0 Å². The molecule has 17 heavy (non-hydrogen) atoms. The van der Waals surface area contributed by atoms with Crippen LogP contribution < -0.4 is 5.32 Å². The summed E-state index contributed by atoms with van der Waals surface area (Å²) < 4.78 is 0. The first kappa shape index (κ1) is 11.9. The van der Waals surface area contributed by atoms with Crippen LogP contribution in [0, 0.1) is 0 Å². The van der Waals surface area contributed by atoms with Crippen molar-refractivity contribution in [3.8, 4) is 0 Å². The van der Waals surface area contributed by atoms with Gasteiger partial charge in [0.25, 0.3) is 0 Å². The Morgan fingerprint density at radius 3 is 2.71 bits per heavy atom. The molecule has 1 fully saturated rings. The third-order valence-corrected chi connectivity index (χ3v) is 3.22. The van der Waals surface area contributed by atoms with E-state index in [1.807, 2.05) is 29.2 Å². The fourth-order valence-electron chi connectivity index (χ4n) is 1.98. The Balaban J connectivity index is 2.07. The van der Waals surface area contributed by atoms with Crippen molar-refractivity contribution in [1.29, 1.82) is 0 Å². The molecule has 0 saturated carbocycles. The summed E-state index contributed by atoms with van der Waals surface area (Å²) in [7, 11) is 0. The largest absolute Gasteiger partial charge is 0.354 e. The minimum atomic E-state index is 0.199. The maximum Gasteiger partial charge on any atom is 0.174 e. The lowest BCUT2D eigenvalue weighted by Gasteiger charge is -2.16. The number of nitrogens with zero attached hydrogens (tertiary/aromatic N) is 1. The second-order valence-electron chi connectivity index (χ2n) is 4.08. The van der Waals surface area contributed by atoms with Crippen LogP contribution in [0.1, 0.15) is 5.56 Å². The first-order chi connectivity index (χ1) is 8.22. The third kappa shape index (κ3) is 2.56. The zero-order valence-electron chi connectivity index (χ0n) is 9.73. The highest BCUT2D eigenvalue weighted by Crippen LogP contribution is 2.19. The molecule has 1 N–H and O–H groups in total. The van der Waals surface area contributed by atoms with Crippen molar-refractivity contribution in [2.24, 2.45) is 0 Å². The van der Waals surface area contributed by atoms with Crippen LogP contribution >= 0.6 is 12.2 Å². The van der Waals surface area contributed by atoms with Gasteiger partial charge in [-0.2, -0.15) is 0 Å². The number of hydrogen-bond acceptors (Lipinski definition) is 1. The highest BCUT2D eigenvalue weighted by atomic mass is 32.1. The van der Waals surface area contributed by atoms with E-state index in [0.717, 1.165) is 23.8 Å². The third-order valence-electron chi connectivity index (χ3n) is 2.89. The summed E-state index contributed by atoms with van der Waals surface area (Å²) in [6, 6.07) is 10.6. The number of nitrogens with one attached hydrogen (secondary N) is 1. The van der Waals surface area contributed by atoms with E-state index in [4.69, 9.17) is 12.2 Å². The molecule has 1 atom stereocenters. The topological polar surface area (TPSA) is 15.3 Å².